The van der Waals surface area contributed by atoms with Gasteiger partial charge in [-0.05, 0) is 64.9 Å². The first-order valence-corrected chi connectivity index (χ1v) is 14.9. The minimum absolute atomic E-state index is 0.0125. The van der Waals surface area contributed by atoms with Crippen molar-refractivity contribution < 1.29 is 40.5 Å². The molecule has 0 aliphatic carbocycles. The molecule has 0 fully saturated rings. The highest BCUT2D eigenvalue weighted by atomic mass is 32.2. The molecule has 43 heavy (non-hydrogen) atoms. The first-order valence-electron chi connectivity index (χ1n) is 13.3. The maximum Gasteiger partial charge on any atom is 0.573 e. The van der Waals surface area contributed by atoms with E-state index in [0.29, 0.717) is 5.56 Å². The van der Waals surface area contributed by atoms with E-state index in [2.05, 4.69) is 42.2 Å². The standard InChI is InChI=1S/C31H33F3N2O6S/c1-30(2,3)17-16-21-4-8-23(9-5-21)27(29(38)36-25-12-14-26(15-13-25)42-31(32,33)34)20-22-6-10-24(11-7-22)28(37)35-18-19-43(39,40)41/h4-17,27H,18-20H2,1-3H3,(H,35,37)(H,36,38)(H,39,40,41)/b17-16+. The number of rotatable bonds is 11. The molecule has 0 radical (unpaired) electrons. The molecular weight excluding hydrogens is 585 g/mol. The summed E-state index contributed by atoms with van der Waals surface area (Å²) >= 11 is 0. The fourth-order valence-electron chi connectivity index (χ4n) is 3.94. The molecular formula is C31H33F3N2O6S. The lowest BCUT2D eigenvalue weighted by Gasteiger charge is -2.19. The monoisotopic (exact) mass is 618 g/mol. The Bertz CT molecular complexity index is 1530. The SMILES string of the molecule is CC(C)(C)/C=C/c1ccc(C(Cc2ccc(C(=O)NCCS(=O)(=O)O)cc2)C(=O)Nc2ccc(OC(F)(F)F)cc2)cc1. The molecule has 0 heterocycles. The summed E-state index contributed by atoms with van der Waals surface area (Å²) in [4.78, 5) is 25.8. The molecule has 0 spiro atoms. The third-order valence-electron chi connectivity index (χ3n) is 6.09. The number of amides is 2. The molecule has 0 saturated heterocycles. The van der Waals surface area contributed by atoms with E-state index in [1.165, 1.54) is 24.3 Å². The zero-order valence-electron chi connectivity index (χ0n) is 23.8. The number of nitrogens with one attached hydrogen (secondary N) is 2. The summed E-state index contributed by atoms with van der Waals surface area (Å²) in [5.41, 5.74) is 2.90. The van der Waals surface area contributed by atoms with Crippen LogP contribution < -0.4 is 15.4 Å². The van der Waals surface area contributed by atoms with E-state index in [0.717, 1.165) is 23.3 Å². The molecule has 1 unspecified atom stereocenters. The Balaban J connectivity index is 1.80. The maximum atomic E-state index is 13.5. The Kier molecular flexibility index (Phi) is 10.8. The molecule has 3 rings (SSSR count). The summed E-state index contributed by atoms with van der Waals surface area (Å²) in [6.45, 7) is 5.98. The van der Waals surface area contributed by atoms with Crippen molar-refractivity contribution >= 4 is 33.7 Å². The van der Waals surface area contributed by atoms with Crippen LogP contribution in [0.4, 0.5) is 18.9 Å². The largest absolute Gasteiger partial charge is 0.573 e. The molecule has 0 aromatic heterocycles. The van der Waals surface area contributed by atoms with E-state index in [4.69, 9.17) is 4.55 Å². The summed E-state index contributed by atoms with van der Waals surface area (Å²) in [7, 11) is -4.21. The van der Waals surface area contributed by atoms with Crippen molar-refractivity contribution in [2.24, 2.45) is 5.41 Å². The zero-order valence-corrected chi connectivity index (χ0v) is 24.6. The van der Waals surface area contributed by atoms with Crippen molar-refractivity contribution in [2.75, 3.05) is 17.6 Å². The molecule has 12 heteroatoms. The van der Waals surface area contributed by atoms with Gasteiger partial charge in [-0.2, -0.15) is 8.42 Å². The molecule has 3 N–H and O–H groups in total. The number of carbonyl (C=O) groups is 2. The second-order valence-electron chi connectivity index (χ2n) is 10.9. The number of ether oxygens (including phenoxy) is 1. The topological polar surface area (TPSA) is 122 Å². The molecule has 230 valence electrons. The normalized spacial score (nSPS) is 13.0. The first-order chi connectivity index (χ1) is 20.0. The van der Waals surface area contributed by atoms with Crippen LogP contribution in [0.2, 0.25) is 0 Å². The van der Waals surface area contributed by atoms with Gasteiger partial charge in [-0.1, -0.05) is 69.3 Å². The Morgan fingerprint density at radius 1 is 0.930 bits per heavy atom. The molecule has 8 nitrogen and oxygen atoms in total. The van der Waals surface area contributed by atoms with Gasteiger partial charge in [0.25, 0.3) is 16.0 Å². The second-order valence-corrected chi connectivity index (χ2v) is 12.5. The van der Waals surface area contributed by atoms with Gasteiger partial charge in [-0.15, -0.1) is 13.2 Å². The molecule has 3 aromatic carbocycles. The molecule has 0 saturated carbocycles. The Hall–Kier alpha value is -4.16. The van der Waals surface area contributed by atoms with E-state index < -0.39 is 45.7 Å². The predicted molar refractivity (Wildman–Crippen MR) is 158 cm³/mol. The van der Waals surface area contributed by atoms with Crippen LogP contribution in [0.25, 0.3) is 6.08 Å². The van der Waals surface area contributed by atoms with Crippen LogP contribution in [0.5, 0.6) is 5.75 Å². The highest BCUT2D eigenvalue weighted by Gasteiger charge is 2.31. The third kappa shape index (κ3) is 11.9. The quantitative estimate of drug-likeness (QED) is 0.219. The highest BCUT2D eigenvalue weighted by molar-refractivity contribution is 7.85. The summed E-state index contributed by atoms with van der Waals surface area (Å²) in [6, 6.07) is 18.7. The number of hydrogen-bond donors (Lipinski definition) is 3. The zero-order chi connectivity index (χ0) is 31.8. The van der Waals surface area contributed by atoms with Crippen molar-refractivity contribution in [3.05, 3.63) is 101 Å². The van der Waals surface area contributed by atoms with E-state index in [9.17, 15) is 31.2 Å². The predicted octanol–water partition coefficient (Wildman–Crippen LogP) is 6.23. The van der Waals surface area contributed by atoms with E-state index in [1.54, 1.807) is 12.1 Å². The highest BCUT2D eigenvalue weighted by Crippen LogP contribution is 2.27. The Morgan fingerprint density at radius 3 is 2.07 bits per heavy atom. The molecule has 0 aliphatic heterocycles. The minimum atomic E-state index is -4.83. The van der Waals surface area contributed by atoms with Gasteiger partial charge in [0.15, 0.2) is 0 Å². The lowest BCUT2D eigenvalue weighted by atomic mass is 9.89. The van der Waals surface area contributed by atoms with Crippen molar-refractivity contribution in [1.82, 2.24) is 5.32 Å². The lowest BCUT2D eigenvalue weighted by Crippen LogP contribution is -2.28. The van der Waals surface area contributed by atoms with Crippen LogP contribution in [0, 0.1) is 5.41 Å². The van der Waals surface area contributed by atoms with Gasteiger partial charge in [-0.25, -0.2) is 0 Å². The maximum absolute atomic E-state index is 13.5. The van der Waals surface area contributed by atoms with Crippen LogP contribution >= 0.6 is 0 Å². The average molecular weight is 619 g/mol. The van der Waals surface area contributed by atoms with Crippen molar-refractivity contribution in [3.8, 4) is 5.75 Å². The second kappa shape index (κ2) is 13.9. The van der Waals surface area contributed by atoms with E-state index in [-0.39, 0.29) is 29.6 Å². The van der Waals surface area contributed by atoms with Gasteiger partial charge in [0.1, 0.15) is 5.75 Å². The molecule has 0 bridgehead atoms. The number of hydrogen-bond acceptors (Lipinski definition) is 5. The van der Waals surface area contributed by atoms with Crippen LogP contribution in [0.3, 0.4) is 0 Å². The van der Waals surface area contributed by atoms with Gasteiger partial charge in [0.05, 0.1) is 11.7 Å². The van der Waals surface area contributed by atoms with Crippen molar-refractivity contribution in [2.45, 2.75) is 39.5 Å². The number of alkyl halides is 3. The minimum Gasteiger partial charge on any atom is -0.406 e. The van der Waals surface area contributed by atoms with E-state index in [1.807, 2.05) is 30.3 Å². The Morgan fingerprint density at radius 2 is 1.53 bits per heavy atom. The van der Waals surface area contributed by atoms with Crippen LogP contribution in [-0.4, -0.2) is 43.4 Å². The van der Waals surface area contributed by atoms with Crippen LogP contribution in [0.15, 0.2) is 78.9 Å². The average Bonchev–Trinajstić information content (AvgIpc) is 2.90. The van der Waals surface area contributed by atoms with Gasteiger partial charge in [-0.3, -0.25) is 14.1 Å². The summed E-state index contributed by atoms with van der Waals surface area (Å²) in [5.74, 6) is -2.64. The van der Waals surface area contributed by atoms with Crippen molar-refractivity contribution in [1.29, 1.82) is 0 Å². The fourth-order valence-corrected chi connectivity index (χ4v) is 4.30. The van der Waals surface area contributed by atoms with Gasteiger partial charge in [0, 0.05) is 17.8 Å². The van der Waals surface area contributed by atoms with Crippen LogP contribution in [0.1, 0.15) is 53.7 Å². The number of halogens is 3. The molecule has 3 aromatic rings. The van der Waals surface area contributed by atoms with Gasteiger partial charge in [0.2, 0.25) is 5.91 Å². The van der Waals surface area contributed by atoms with Crippen molar-refractivity contribution in [3.63, 3.8) is 0 Å². The molecule has 0 aliphatic rings. The fraction of sp³-hybridized carbons (Fsp3) is 0.290. The van der Waals surface area contributed by atoms with Crippen LogP contribution in [-0.2, 0) is 21.3 Å². The van der Waals surface area contributed by atoms with Gasteiger partial charge < -0.3 is 15.4 Å². The number of allylic oxidation sites excluding steroid dienone is 1. The third-order valence-corrected chi connectivity index (χ3v) is 6.81. The summed E-state index contributed by atoms with van der Waals surface area (Å²) < 4.78 is 71.9. The number of benzene rings is 3. The Labute approximate surface area is 248 Å². The number of carbonyl (C=O) groups excluding carboxylic acids is 2. The summed E-state index contributed by atoms with van der Waals surface area (Å²) in [6.07, 6.45) is -0.536. The van der Waals surface area contributed by atoms with E-state index >= 15 is 0 Å². The first kappa shape index (κ1) is 33.3. The lowest BCUT2D eigenvalue weighted by molar-refractivity contribution is -0.274. The number of anilines is 1. The summed E-state index contributed by atoms with van der Waals surface area (Å²) in [5, 5.41) is 5.16. The smallest absolute Gasteiger partial charge is 0.406 e. The molecule has 1 atom stereocenters. The molecule has 2 amide bonds. The van der Waals surface area contributed by atoms with Gasteiger partial charge >= 0.3 is 6.36 Å².